The van der Waals surface area contributed by atoms with Crippen LogP contribution in [0.15, 0.2) is 30.5 Å². The van der Waals surface area contributed by atoms with E-state index < -0.39 is 0 Å². The molecule has 0 spiro atoms. The van der Waals surface area contributed by atoms with Gasteiger partial charge in [0.1, 0.15) is 0 Å². The van der Waals surface area contributed by atoms with E-state index in [2.05, 4.69) is 10.3 Å². The van der Waals surface area contributed by atoms with Gasteiger partial charge in [-0.2, -0.15) is 0 Å². The van der Waals surface area contributed by atoms with Gasteiger partial charge in [0.2, 0.25) is 0 Å². The number of fused-ring (bicyclic) bond motifs is 1. The average molecular weight is 276 g/mol. The van der Waals surface area contributed by atoms with E-state index in [0.29, 0.717) is 12.1 Å². The maximum atomic E-state index is 6.08. The Hall–Kier alpha value is -1.32. The van der Waals surface area contributed by atoms with Crippen LogP contribution in [0.4, 0.5) is 5.69 Å². The van der Waals surface area contributed by atoms with Crippen molar-refractivity contribution in [2.75, 3.05) is 5.32 Å². The number of halogens is 1. The molecule has 1 aromatic carbocycles. The number of benzene rings is 1. The van der Waals surface area contributed by atoms with Crippen molar-refractivity contribution in [2.45, 2.75) is 37.8 Å². The van der Waals surface area contributed by atoms with Crippen molar-refractivity contribution in [3.05, 3.63) is 35.5 Å². The third-order valence-electron chi connectivity index (χ3n) is 3.84. The molecule has 100 valence electrons. The highest BCUT2D eigenvalue weighted by molar-refractivity contribution is 6.31. The van der Waals surface area contributed by atoms with Gasteiger partial charge >= 0.3 is 0 Å². The molecule has 1 heterocycles. The van der Waals surface area contributed by atoms with Crippen LogP contribution in [0.3, 0.4) is 0 Å². The molecule has 1 aromatic heterocycles. The minimum absolute atomic E-state index is 0.377. The molecule has 3 nitrogen and oxygen atoms in total. The van der Waals surface area contributed by atoms with Gasteiger partial charge in [0.05, 0.1) is 5.52 Å². The molecule has 2 aromatic rings. The number of rotatable bonds is 2. The van der Waals surface area contributed by atoms with E-state index in [1.54, 1.807) is 0 Å². The predicted molar refractivity (Wildman–Crippen MR) is 80.6 cm³/mol. The molecular formula is C15H18ClN3. The third kappa shape index (κ3) is 2.82. The largest absolute Gasteiger partial charge is 0.382 e. The second kappa shape index (κ2) is 5.35. The van der Waals surface area contributed by atoms with E-state index in [9.17, 15) is 0 Å². The first-order valence-electron chi connectivity index (χ1n) is 6.79. The molecule has 0 radical (unpaired) electrons. The molecule has 3 N–H and O–H groups in total. The Labute approximate surface area is 118 Å². The van der Waals surface area contributed by atoms with Crippen LogP contribution in [0.25, 0.3) is 10.9 Å². The standard InChI is InChI=1S/C15H18ClN3/c16-10-1-6-14-13(9-10)15(7-8-18-14)19-12-4-2-11(17)3-5-12/h1,6-9,11-12H,2-5,17H2,(H,18,19). The molecule has 1 fully saturated rings. The maximum Gasteiger partial charge on any atom is 0.0723 e. The smallest absolute Gasteiger partial charge is 0.0723 e. The van der Waals surface area contributed by atoms with E-state index in [1.165, 1.54) is 0 Å². The van der Waals surface area contributed by atoms with Gasteiger partial charge in [0.15, 0.2) is 0 Å². The summed E-state index contributed by atoms with van der Waals surface area (Å²) in [5, 5.41) is 5.45. The number of hydrogen-bond donors (Lipinski definition) is 2. The van der Waals surface area contributed by atoms with Crippen molar-refractivity contribution < 1.29 is 0 Å². The van der Waals surface area contributed by atoms with Crippen LogP contribution >= 0.6 is 11.6 Å². The maximum absolute atomic E-state index is 6.08. The first kappa shape index (κ1) is 12.7. The lowest BCUT2D eigenvalue weighted by Gasteiger charge is -2.28. The number of hydrogen-bond acceptors (Lipinski definition) is 3. The minimum atomic E-state index is 0.377. The van der Waals surface area contributed by atoms with Gasteiger partial charge in [0.25, 0.3) is 0 Å². The Morgan fingerprint density at radius 1 is 1.16 bits per heavy atom. The number of nitrogens with two attached hydrogens (primary N) is 1. The molecule has 4 heteroatoms. The Morgan fingerprint density at radius 3 is 2.74 bits per heavy atom. The summed E-state index contributed by atoms with van der Waals surface area (Å²) in [6.07, 6.45) is 6.30. The van der Waals surface area contributed by atoms with Gasteiger partial charge < -0.3 is 11.1 Å². The number of pyridine rings is 1. The molecule has 0 amide bonds. The molecule has 1 saturated carbocycles. The number of nitrogens with zero attached hydrogens (tertiary/aromatic N) is 1. The summed E-state index contributed by atoms with van der Waals surface area (Å²) >= 11 is 6.08. The zero-order chi connectivity index (χ0) is 13.2. The lowest BCUT2D eigenvalue weighted by Crippen LogP contribution is -2.32. The summed E-state index contributed by atoms with van der Waals surface area (Å²) in [6.45, 7) is 0. The van der Waals surface area contributed by atoms with Gasteiger partial charge in [-0.05, 0) is 49.9 Å². The molecule has 0 aliphatic heterocycles. The Bertz CT molecular complexity index is 577. The van der Waals surface area contributed by atoms with Gasteiger partial charge in [-0.15, -0.1) is 0 Å². The Balaban J connectivity index is 1.86. The Morgan fingerprint density at radius 2 is 1.95 bits per heavy atom. The molecule has 19 heavy (non-hydrogen) atoms. The second-order valence-electron chi connectivity index (χ2n) is 5.28. The number of aromatic nitrogens is 1. The highest BCUT2D eigenvalue weighted by Crippen LogP contribution is 2.28. The monoisotopic (exact) mass is 275 g/mol. The Kier molecular flexibility index (Phi) is 3.58. The molecule has 1 aliphatic rings. The van der Waals surface area contributed by atoms with Gasteiger partial charge in [-0.3, -0.25) is 4.98 Å². The van der Waals surface area contributed by atoms with Crippen molar-refractivity contribution in [3.63, 3.8) is 0 Å². The third-order valence-corrected chi connectivity index (χ3v) is 4.07. The summed E-state index contributed by atoms with van der Waals surface area (Å²) in [4.78, 5) is 4.37. The van der Waals surface area contributed by atoms with E-state index in [0.717, 1.165) is 47.3 Å². The predicted octanol–water partition coefficient (Wildman–Crippen LogP) is 3.57. The van der Waals surface area contributed by atoms with Crippen LogP contribution < -0.4 is 11.1 Å². The number of anilines is 1. The van der Waals surface area contributed by atoms with E-state index >= 15 is 0 Å². The van der Waals surface area contributed by atoms with Gasteiger partial charge in [0, 0.05) is 34.4 Å². The number of nitrogens with one attached hydrogen (secondary N) is 1. The fraction of sp³-hybridized carbons (Fsp3) is 0.400. The first-order valence-corrected chi connectivity index (χ1v) is 7.16. The van der Waals surface area contributed by atoms with E-state index in [4.69, 9.17) is 17.3 Å². The fourth-order valence-corrected chi connectivity index (χ4v) is 2.90. The van der Waals surface area contributed by atoms with Crippen LogP contribution in [-0.4, -0.2) is 17.1 Å². The summed E-state index contributed by atoms with van der Waals surface area (Å²) in [5.41, 5.74) is 8.04. The van der Waals surface area contributed by atoms with Crippen LogP contribution in [-0.2, 0) is 0 Å². The van der Waals surface area contributed by atoms with E-state index in [1.807, 2.05) is 30.5 Å². The highest BCUT2D eigenvalue weighted by Gasteiger charge is 2.18. The molecule has 1 aliphatic carbocycles. The lowest BCUT2D eigenvalue weighted by atomic mass is 9.91. The van der Waals surface area contributed by atoms with Gasteiger partial charge in [-0.25, -0.2) is 0 Å². The lowest BCUT2D eigenvalue weighted by molar-refractivity contribution is 0.411. The molecular weight excluding hydrogens is 258 g/mol. The molecule has 0 bridgehead atoms. The van der Waals surface area contributed by atoms with Crippen LogP contribution in [0.1, 0.15) is 25.7 Å². The quantitative estimate of drug-likeness (QED) is 0.881. The second-order valence-corrected chi connectivity index (χ2v) is 5.71. The highest BCUT2D eigenvalue weighted by atomic mass is 35.5. The fourth-order valence-electron chi connectivity index (χ4n) is 2.73. The van der Waals surface area contributed by atoms with Crippen LogP contribution in [0.2, 0.25) is 5.02 Å². The topological polar surface area (TPSA) is 50.9 Å². The minimum Gasteiger partial charge on any atom is -0.382 e. The zero-order valence-corrected chi connectivity index (χ0v) is 11.5. The normalized spacial score (nSPS) is 23.5. The van der Waals surface area contributed by atoms with Crippen molar-refractivity contribution in [2.24, 2.45) is 5.73 Å². The summed E-state index contributed by atoms with van der Waals surface area (Å²) in [6, 6.07) is 8.71. The van der Waals surface area contributed by atoms with Gasteiger partial charge in [-0.1, -0.05) is 11.6 Å². The van der Waals surface area contributed by atoms with Crippen molar-refractivity contribution in [1.82, 2.24) is 4.98 Å². The first-order chi connectivity index (χ1) is 9.22. The summed E-state index contributed by atoms with van der Waals surface area (Å²) in [7, 11) is 0. The van der Waals surface area contributed by atoms with Crippen molar-refractivity contribution in [1.29, 1.82) is 0 Å². The van der Waals surface area contributed by atoms with Crippen molar-refractivity contribution in [3.8, 4) is 0 Å². The molecule has 0 atom stereocenters. The zero-order valence-electron chi connectivity index (χ0n) is 10.8. The SMILES string of the molecule is NC1CCC(Nc2ccnc3ccc(Cl)cc23)CC1. The summed E-state index contributed by atoms with van der Waals surface area (Å²) < 4.78 is 0. The average Bonchev–Trinajstić information content (AvgIpc) is 2.42. The van der Waals surface area contributed by atoms with E-state index in [-0.39, 0.29) is 0 Å². The molecule has 0 saturated heterocycles. The van der Waals surface area contributed by atoms with Crippen LogP contribution in [0.5, 0.6) is 0 Å². The summed E-state index contributed by atoms with van der Waals surface area (Å²) in [5.74, 6) is 0. The van der Waals surface area contributed by atoms with Crippen LogP contribution in [0, 0.1) is 0 Å². The molecule has 0 unspecified atom stereocenters. The molecule has 3 rings (SSSR count). The van der Waals surface area contributed by atoms with Crippen molar-refractivity contribution >= 4 is 28.2 Å².